The van der Waals surface area contributed by atoms with Gasteiger partial charge >= 0.3 is 5.97 Å². The Bertz CT molecular complexity index is 771. The first-order chi connectivity index (χ1) is 10.5. The third kappa shape index (κ3) is 2.80. The lowest BCUT2D eigenvalue weighted by atomic mass is 10.1. The Morgan fingerprint density at radius 1 is 1.27 bits per heavy atom. The van der Waals surface area contributed by atoms with Crippen molar-refractivity contribution in [2.75, 3.05) is 38.1 Å². The normalized spacial score (nSPS) is 16.7. The number of rotatable bonds is 2. The van der Waals surface area contributed by atoms with E-state index in [1.54, 1.807) is 0 Å². The van der Waals surface area contributed by atoms with Gasteiger partial charge in [-0.05, 0) is 38.2 Å². The first-order valence-electron chi connectivity index (χ1n) is 7.25. The van der Waals surface area contributed by atoms with Gasteiger partial charge in [0.2, 0.25) is 5.95 Å². The first kappa shape index (κ1) is 14.5. The highest BCUT2D eigenvalue weighted by atomic mass is 16.4. The molecule has 3 rings (SSSR count). The molecular formula is C15H18N4O3. The summed E-state index contributed by atoms with van der Waals surface area (Å²) in [5.41, 5.74) is 0.304. The second-order valence-electron chi connectivity index (χ2n) is 5.57. The molecule has 22 heavy (non-hydrogen) atoms. The molecule has 2 N–H and O–H groups in total. The summed E-state index contributed by atoms with van der Waals surface area (Å²) < 4.78 is 0. The number of hydrogen-bond acceptors (Lipinski definition) is 5. The van der Waals surface area contributed by atoms with Gasteiger partial charge in [0.1, 0.15) is 0 Å². The quantitative estimate of drug-likeness (QED) is 0.851. The van der Waals surface area contributed by atoms with Gasteiger partial charge in [0.25, 0.3) is 5.56 Å². The lowest BCUT2D eigenvalue weighted by Gasteiger charge is -2.21. The minimum atomic E-state index is -1.03. The van der Waals surface area contributed by atoms with Crippen molar-refractivity contribution in [2.24, 2.45) is 0 Å². The molecule has 0 radical (unpaired) electrons. The highest BCUT2D eigenvalue weighted by molar-refractivity contribution is 5.93. The van der Waals surface area contributed by atoms with Crippen molar-refractivity contribution in [3.8, 4) is 0 Å². The monoisotopic (exact) mass is 302 g/mol. The summed E-state index contributed by atoms with van der Waals surface area (Å²) >= 11 is 0. The highest BCUT2D eigenvalue weighted by Gasteiger charge is 2.16. The predicted octanol–water partition coefficient (Wildman–Crippen LogP) is 0.763. The highest BCUT2D eigenvalue weighted by Crippen LogP contribution is 2.15. The topological polar surface area (TPSA) is 89.5 Å². The number of benzene rings is 1. The molecule has 1 fully saturated rings. The maximum absolute atomic E-state index is 12.2. The number of aromatic amines is 1. The molecule has 0 bridgehead atoms. The van der Waals surface area contributed by atoms with Crippen molar-refractivity contribution < 1.29 is 9.90 Å². The number of nitrogens with zero attached hydrogens (tertiary/aromatic N) is 3. The summed E-state index contributed by atoms with van der Waals surface area (Å²) in [7, 11) is 2.07. The molecule has 0 aliphatic carbocycles. The zero-order valence-corrected chi connectivity index (χ0v) is 12.4. The molecule has 0 saturated carbocycles. The minimum Gasteiger partial charge on any atom is -0.478 e. The first-order valence-corrected chi connectivity index (χ1v) is 7.25. The summed E-state index contributed by atoms with van der Waals surface area (Å²) in [5, 5.41) is 9.47. The third-order valence-electron chi connectivity index (χ3n) is 3.96. The minimum absolute atomic E-state index is 0.132. The lowest BCUT2D eigenvalue weighted by molar-refractivity contribution is 0.0697. The van der Waals surface area contributed by atoms with E-state index in [1.807, 2.05) is 4.90 Å². The van der Waals surface area contributed by atoms with Crippen LogP contribution in [0.4, 0.5) is 5.95 Å². The number of likely N-dealkylation sites (N-methyl/N-ethyl adjacent to an activating group) is 1. The van der Waals surface area contributed by atoms with E-state index in [0.717, 1.165) is 32.6 Å². The molecule has 2 aromatic rings. The fourth-order valence-electron chi connectivity index (χ4n) is 2.67. The number of H-pyrrole nitrogens is 1. The number of carboxylic acid groups (broad SMARTS) is 1. The molecule has 1 aromatic carbocycles. The number of hydrogen-bond donors (Lipinski definition) is 2. The van der Waals surface area contributed by atoms with E-state index in [1.165, 1.54) is 18.2 Å². The third-order valence-corrected chi connectivity index (χ3v) is 3.96. The maximum atomic E-state index is 12.2. The van der Waals surface area contributed by atoms with Crippen LogP contribution in [-0.2, 0) is 0 Å². The molecule has 1 aromatic heterocycles. The average Bonchev–Trinajstić information content (AvgIpc) is 2.71. The zero-order chi connectivity index (χ0) is 15.7. The van der Waals surface area contributed by atoms with Crippen molar-refractivity contribution in [3.05, 3.63) is 34.1 Å². The van der Waals surface area contributed by atoms with Gasteiger partial charge < -0.3 is 14.9 Å². The van der Waals surface area contributed by atoms with E-state index in [2.05, 4.69) is 21.9 Å². The predicted molar refractivity (Wildman–Crippen MR) is 83.7 cm³/mol. The Labute approximate surface area is 127 Å². The number of nitrogens with one attached hydrogen (secondary N) is 1. The molecule has 116 valence electrons. The molecule has 0 atom stereocenters. The van der Waals surface area contributed by atoms with Crippen LogP contribution in [0.5, 0.6) is 0 Å². The zero-order valence-electron chi connectivity index (χ0n) is 12.4. The average molecular weight is 302 g/mol. The molecule has 0 spiro atoms. The van der Waals surface area contributed by atoms with Crippen molar-refractivity contribution in [1.29, 1.82) is 0 Å². The van der Waals surface area contributed by atoms with Crippen LogP contribution in [0, 0.1) is 0 Å². The maximum Gasteiger partial charge on any atom is 0.335 e. The fourth-order valence-corrected chi connectivity index (χ4v) is 2.67. The summed E-state index contributed by atoms with van der Waals surface area (Å²) in [5.74, 6) is -0.516. The van der Waals surface area contributed by atoms with Gasteiger partial charge in [0.15, 0.2) is 0 Å². The standard InChI is InChI=1S/C15H18N4O3/c1-18-5-2-6-19(8-7-18)15-16-12-9-10(14(21)22)3-4-11(12)13(20)17-15/h3-4,9H,2,5-8H2,1H3,(H,21,22)(H,16,17,20). The van der Waals surface area contributed by atoms with Crippen LogP contribution in [0.1, 0.15) is 16.8 Å². The van der Waals surface area contributed by atoms with Crippen LogP contribution >= 0.6 is 0 Å². The molecule has 0 amide bonds. The number of aromatic nitrogens is 2. The van der Waals surface area contributed by atoms with Crippen molar-refractivity contribution in [2.45, 2.75) is 6.42 Å². The number of fused-ring (bicyclic) bond motifs is 1. The molecule has 7 nitrogen and oxygen atoms in total. The molecule has 1 aliphatic rings. The van der Waals surface area contributed by atoms with E-state index in [0.29, 0.717) is 16.9 Å². The van der Waals surface area contributed by atoms with E-state index in [4.69, 9.17) is 5.11 Å². The number of carbonyl (C=O) groups is 1. The van der Waals surface area contributed by atoms with E-state index in [9.17, 15) is 9.59 Å². The Morgan fingerprint density at radius 3 is 2.86 bits per heavy atom. The van der Waals surface area contributed by atoms with Crippen LogP contribution < -0.4 is 10.5 Å². The molecular weight excluding hydrogens is 284 g/mol. The van der Waals surface area contributed by atoms with E-state index < -0.39 is 5.97 Å². The summed E-state index contributed by atoms with van der Waals surface area (Å²) in [4.78, 5) is 34.8. The summed E-state index contributed by atoms with van der Waals surface area (Å²) in [6, 6.07) is 4.37. The molecule has 1 saturated heterocycles. The van der Waals surface area contributed by atoms with Gasteiger partial charge in [-0.3, -0.25) is 9.78 Å². The van der Waals surface area contributed by atoms with Crippen molar-refractivity contribution in [3.63, 3.8) is 0 Å². The van der Waals surface area contributed by atoms with Crippen LogP contribution in [0.15, 0.2) is 23.0 Å². The fraction of sp³-hybridized carbons (Fsp3) is 0.400. The molecule has 7 heteroatoms. The Kier molecular flexibility index (Phi) is 3.81. The molecule has 2 heterocycles. The van der Waals surface area contributed by atoms with Gasteiger partial charge in [0, 0.05) is 19.6 Å². The van der Waals surface area contributed by atoms with Crippen LogP contribution in [0.25, 0.3) is 10.9 Å². The van der Waals surface area contributed by atoms with Crippen LogP contribution in [0.2, 0.25) is 0 Å². The number of aromatic carboxylic acids is 1. The van der Waals surface area contributed by atoms with Gasteiger partial charge in [0.05, 0.1) is 16.5 Å². The SMILES string of the molecule is CN1CCCN(c2nc3cc(C(=O)O)ccc3c(=O)[nH]2)CC1. The number of anilines is 1. The summed E-state index contributed by atoms with van der Waals surface area (Å²) in [6.07, 6.45) is 0.993. The van der Waals surface area contributed by atoms with Gasteiger partial charge in [-0.2, -0.15) is 0 Å². The van der Waals surface area contributed by atoms with Gasteiger partial charge in [-0.25, -0.2) is 9.78 Å². The summed E-state index contributed by atoms with van der Waals surface area (Å²) in [6.45, 7) is 3.51. The van der Waals surface area contributed by atoms with E-state index >= 15 is 0 Å². The smallest absolute Gasteiger partial charge is 0.335 e. The van der Waals surface area contributed by atoms with Gasteiger partial charge in [-0.1, -0.05) is 0 Å². The largest absolute Gasteiger partial charge is 0.478 e. The van der Waals surface area contributed by atoms with E-state index in [-0.39, 0.29) is 11.1 Å². The Hall–Kier alpha value is -2.41. The molecule has 0 unspecified atom stereocenters. The lowest BCUT2D eigenvalue weighted by Crippen LogP contribution is -2.31. The Balaban J connectivity index is 2.03. The van der Waals surface area contributed by atoms with Crippen LogP contribution in [0.3, 0.4) is 0 Å². The second kappa shape index (κ2) is 5.76. The van der Waals surface area contributed by atoms with Crippen molar-refractivity contribution >= 4 is 22.8 Å². The second-order valence-corrected chi connectivity index (χ2v) is 5.57. The number of carboxylic acids is 1. The Morgan fingerprint density at radius 2 is 2.09 bits per heavy atom. The molecule has 1 aliphatic heterocycles. The van der Waals surface area contributed by atoms with Crippen LogP contribution in [-0.4, -0.2) is 59.2 Å². The van der Waals surface area contributed by atoms with Gasteiger partial charge in [-0.15, -0.1) is 0 Å². The van der Waals surface area contributed by atoms with Crippen molar-refractivity contribution in [1.82, 2.24) is 14.9 Å².